The van der Waals surface area contributed by atoms with Gasteiger partial charge in [-0.25, -0.2) is 4.98 Å². The summed E-state index contributed by atoms with van der Waals surface area (Å²) < 4.78 is 11.9. The molecule has 0 saturated heterocycles. The van der Waals surface area contributed by atoms with Crippen molar-refractivity contribution in [3.8, 4) is 5.88 Å². The third-order valence-corrected chi connectivity index (χ3v) is 10.4. The average Bonchev–Trinajstić information content (AvgIpc) is 2.68. The van der Waals surface area contributed by atoms with E-state index < -0.39 is 14.4 Å². The maximum Gasteiger partial charge on any atom is 0.213 e. The number of rotatable bonds is 10. The predicted octanol–water partition coefficient (Wildman–Crippen LogP) is 4.09. The normalized spacial score (nSPS) is 14.8. The zero-order valence-electron chi connectivity index (χ0n) is 18.6. The van der Waals surface area contributed by atoms with Gasteiger partial charge in [-0.3, -0.25) is 4.98 Å². The molecule has 0 spiro atoms. The van der Waals surface area contributed by atoms with Gasteiger partial charge in [0, 0.05) is 18.4 Å². The van der Waals surface area contributed by atoms with Crippen LogP contribution in [0.5, 0.6) is 5.88 Å². The molecule has 6 nitrogen and oxygen atoms in total. The second-order valence-electron chi connectivity index (χ2n) is 9.14. The number of nitrogens with zero attached hydrogens (tertiary/aromatic N) is 2. The molecule has 2 unspecified atom stereocenters. The third kappa shape index (κ3) is 6.47. The second-order valence-corrected chi connectivity index (χ2v) is 13.9. The Morgan fingerprint density at radius 1 is 1.10 bits per heavy atom. The van der Waals surface area contributed by atoms with Gasteiger partial charge in [0.2, 0.25) is 5.88 Å². The number of aliphatic hydroxyl groups excluding tert-OH is 2. The summed E-state index contributed by atoms with van der Waals surface area (Å²) in [5, 5.41) is 19.1. The van der Waals surface area contributed by atoms with Crippen LogP contribution in [0.2, 0.25) is 18.1 Å². The first kappa shape index (κ1) is 23.7. The number of fused-ring (bicyclic) bond motifs is 1. The summed E-state index contributed by atoms with van der Waals surface area (Å²) in [6, 6.07) is 5.74. The number of hydrogen-bond donors (Lipinski definition) is 2. The topological polar surface area (TPSA) is 84.7 Å². The molecule has 0 fully saturated rings. The number of hydrogen-bond acceptors (Lipinski definition) is 6. The molecule has 2 heterocycles. The smallest absolute Gasteiger partial charge is 0.213 e. The van der Waals surface area contributed by atoms with Gasteiger partial charge in [0.1, 0.15) is 0 Å². The molecule has 162 valence electrons. The van der Waals surface area contributed by atoms with Crippen LogP contribution in [0, 0.1) is 0 Å². The summed E-state index contributed by atoms with van der Waals surface area (Å²) in [5.41, 5.74) is 2.81. The molecule has 7 heteroatoms. The van der Waals surface area contributed by atoms with Crippen LogP contribution in [0.1, 0.15) is 45.6 Å². The fourth-order valence-electron chi connectivity index (χ4n) is 3.02. The molecule has 2 aromatic rings. The van der Waals surface area contributed by atoms with Crippen LogP contribution >= 0.6 is 0 Å². The van der Waals surface area contributed by atoms with Crippen molar-refractivity contribution in [1.82, 2.24) is 9.97 Å². The van der Waals surface area contributed by atoms with Crippen molar-refractivity contribution in [3.63, 3.8) is 0 Å². The Balaban J connectivity index is 2.19. The number of aryl methyl sites for hydroxylation is 1. The predicted molar refractivity (Wildman–Crippen MR) is 119 cm³/mol. The van der Waals surface area contributed by atoms with E-state index in [0.29, 0.717) is 18.7 Å². The van der Waals surface area contributed by atoms with Gasteiger partial charge in [-0.05, 0) is 61.5 Å². The summed E-state index contributed by atoms with van der Waals surface area (Å²) in [5.74, 6) is 0.576. The number of aromatic nitrogens is 2. The molecule has 0 aliphatic rings. The quantitative estimate of drug-likeness (QED) is 0.563. The van der Waals surface area contributed by atoms with Crippen LogP contribution in [0.15, 0.2) is 24.4 Å². The summed E-state index contributed by atoms with van der Waals surface area (Å²) in [7, 11) is -0.338. The van der Waals surface area contributed by atoms with Gasteiger partial charge in [-0.15, -0.1) is 0 Å². The Morgan fingerprint density at radius 3 is 2.45 bits per heavy atom. The first-order valence-corrected chi connectivity index (χ1v) is 13.2. The summed E-state index contributed by atoms with van der Waals surface area (Å²) in [6.45, 7) is 11.0. The minimum Gasteiger partial charge on any atom is -0.481 e. The molecule has 0 aromatic carbocycles. The van der Waals surface area contributed by atoms with Gasteiger partial charge in [-0.2, -0.15) is 0 Å². The average molecular weight is 421 g/mol. The van der Waals surface area contributed by atoms with Crippen LogP contribution in [-0.4, -0.2) is 54.4 Å². The summed E-state index contributed by atoms with van der Waals surface area (Å²) in [6.07, 6.45) is 3.99. The Hall–Kier alpha value is -1.54. The van der Waals surface area contributed by atoms with Gasteiger partial charge in [0.05, 0.1) is 30.9 Å². The van der Waals surface area contributed by atoms with E-state index in [1.165, 1.54) is 0 Å². The fraction of sp³-hybridized carbons (Fsp3) is 0.636. The summed E-state index contributed by atoms with van der Waals surface area (Å²) >= 11 is 0. The van der Waals surface area contributed by atoms with Crippen LogP contribution in [-0.2, 0) is 10.8 Å². The van der Waals surface area contributed by atoms with Crippen LogP contribution in [0.25, 0.3) is 11.0 Å². The highest BCUT2D eigenvalue weighted by Crippen LogP contribution is 2.38. The van der Waals surface area contributed by atoms with Crippen molar-refractivity contribution in [1.29, 1.82) is 0 Å². The van der Waals surface area contributed by atoms with E-state index in [4.69, 9.17) is 9.16 Å². The minimum absolute atomic E-state index is 0.0194. The largest absolute Gasteiger partial charge is 0.481 e. The van der Waals surface area contributed by atoms with Crippen LogP contribution in [0.4, 0.5) is 0 Å². The standard InChI is InChI=1S/C22H36N2O4Si/c1-22(2,3)29(5,6)28-18(10-8-17(26)15-25)9-7-16-13-14-23-19-11-12-20(27-4)24-21(16)19/h11-14,17-18,25-26H,7-10,15H2,1-6H3. The van der Waals surface area contributed by atoms with Crippen molar-refractivity contribution in [2.45, 2.75) is 76.8 Å². The maximum absolute atomic E-state index is 9.82. The lowest BCUT2D eigenvalue weighted by Gasteiger charge is -2.39. The number of aliphatic hydroxyl groups is 2. The molecule has 0 radical (unpaired) electrons. The van der Waals surface area contributed by atoms with Gasteiger partial charge < -0.3 is 19.4 Å². The van der Waals surface area contributed by atoms with Gasteiger partial charge in [0.15, 0.2) is 8.32 Å². The molecular weight excluding hydrogens is 384 g/mol. The highest BCUT2D eigenvalue weighted by Gasteiger charge is 2.39. The molecular formula is C22H36N2O4Si. The molecule has 0 amide bonds. The van der Waals surface area contributed by atoms with E-state index in [2.05, 4.69) is 43.8 Å². The highest BCUT2D eigenvalue weighted by molar-refractivity contribution is 6.74. The van der Waals surface area contributed by atoms with E-state index >= 15 is 0 Å². The molecule has 0 bridgehead atoms. The van der Waals surface area contributed by atoms with Crippen LogP contribution < -0.4 is 4.74 Å². The lowest BCUT2D eigenvalue weighted by Crippen LogP contribution is -2.44. The van der Waals surface area contributed by atoms with Crippen molar-refractivity contribution in [2.75, 3.05) is 13.7 Å². The maximum atomic E-state index is 9.82. The van der Waals surface area contributed by atoms with E-state index in [-0.39, 0.29) is 17.7 Å². The first-order valence-electron chi connectivity index (χ1n) is 10.3. The zero-order valence-corrected chi connectivity index (χ0v) is 19.6. The SMILES string of the molecule is COc1ccc2nccc(CCC(CCC(O)CO)O[Si](C)(C)C(C)(C)C)c2n1. The zero-order chi connectivity index (χ0) is 21.7. The van der Waals surface area contributed by atoms with Crippen molar-refractivity contribution in [3.05, 3.63) is 30.0 Å². The van der Waals surface area contributed by atoms with Gasteiger partial charge in [-0.1, -0.05) is 20.8 Å². The second kappa shape index (κ2) is 9.98. The Labute approximate surface area is 175 Å². The lowest BCUT2D eigenvalue weighted by molar-refractivity contribution is 0.0689. The lowest BCUT2D eigenvalue weighted by atomic mass is 10.0. The molecule has 0 saturated carbocycles. The Morgan fingerprint density at radius 2 is 1.83 bits per heavy atom. The molecule has 2 atom stereocenters. The van der Waals surface area contributed by atoms with Gasteiger partial charge >= 0.3 is 0 Å². The Bertz CT molecular complexity index is 792. The molecule has 2 N–H and O–H groups in total. The van der Waals surface area contributed by atoms with E-state index in [9.17, 15) is 10.2 Å². The number of pyridine rings is 2. The fourth-order valence-corrected chi connectivity index (χ4v) is 4.44. The number of ether oxygens (including phenoxy) is 1. The summed E-state index contributed by atoms with van der Waals surface area (Å²) in [4.78, 5) is 8.99. The first-order chi connectivity index (χ1) is 13.6. The van der Waals surface area contributed by atoms with Crippen molar-refractivity contribution < 1.29 is 19.4 Å². The number of methoxy groups -OCH3 is 1. The minimum atomic E-state index is -1.95. The molecule has 29 heavy (non-hydrogen) atoms. The molecule has 2 rings (SSSR count). The monoisotopic (exact) mass is 420 g/mol. The molecule has 0 aliphatic carbocycles. The van der Waals surface area contributed by atoms with E-state index in [1.807, 2.05) is 24.4 Å². The van der Waals surface area contributed by atoms with Crippen LogP contribution in [0.3, 0.4) is 0 Å². The van der Waals surface area contributed by atoms with Gasteiger partial charge in [0.25, 0.3) is 0 Å². The van der Waals surface area contributed by atoms with E-state index in [1.54, 1.807) is 7.11 Å². The Kier molecular flexibility index (Phi) is 8.16. The molecule has 0 aliphatic heterocycles. The van der Waals surface area contributed by atoms with Crippen molar-refractivity contribution >= 4 is 19.4 Å². The highest BCUT2D eigenvalue weighted by atomic mass is 28.4. The van der Waals surface area contributed by atoms with Crippen molar-refractivity contribution in [2.24, 2.45) is 0 Å². The van der Waals surface area contributed by atoms with E-state index in [0.717, 1.165) is 29.4 Å². The molecule has 2 aromatic heterocycles. The third-order valence-electron chi connectivity index (χ3n) is 5.89.